The third-order valence-corrected chi connectivity index (χ3v) is 6.42. The lowest BCUT2D eigenvalue weighted by atomic mass is 9.98. The van der Waals surface area contributed by atoms with Crippen molar-refractivity contribution in [3.05, 3.63) is 69.8 Å². The fourth-order valence-corrected chi connectivity index (χ4v) is 4.53. The molecule has 0 aliphatic carbocycles. The van der Waals surface area contributed by atoms with Crippen molar-refractivity contribution in [2.24, 2.45) is 0 Å². The molecule has 0 spiro atoms. The largest absolute Gasteiger partial charge is 0.480 e. The number of furan rings is 1. The zero-order chi connectivity index (χ0) is 25.1. The van der Waals surface area contributed by atoms with Crippen LogP contribution in [0.3, 0.4) is 0 Å². The van der Waals surface area contributed by atoms with Crippen molar-refractivity contribution in [3.8, 4) is 11.1 Å². The molecular formula is C28H29NO6. The zero-order valence-electron chi connectivity index (χ0n) is 20.1. The molecule has 7 nitrogen and oxygen atoms in total. The number of benzene rings is 2. The van der Waals surface area contributed by atoms with Gasteiger partial charge in [0.2, 0.25) is 5.91 Å². The second-order valence-corrected chi connectivity index (χ2v) is 8.84. The van der Waals surface area contributed by atoms with E-state index >= 15 is 0 Å². The number of hydrogen-bond acceptors (Lipinski definition) is 5. The third kappa shape index (κ3) is 4.99. The standard InChI is InChI=1S/C28H29NO6/c1-4-5-11-22(27(31)32)29-25(30)13-12-19-16(2)20-14-21-24(15-23(20)35-28(19)33)34-17(3)26(21)18-9-7-6-8-10-18/h6-10,14-15,22H,4-5,11-13H2,1-3H3,(H,29,30)(H,31,32). The highest BCUT2D eigenvalue weighted by atomic mass is 16.4. The topological polar surface area (TPSA) is 110 Å². The Labute approximate surface area is 202 Å². The van der Waals surface area contributed by atoms with Gasteiger partial charge in [0, 0.05) is 34.4 Å². The molecule has 0 radical (unpaired) electrons. The first-order valence-corrected chi connectivity index (χ1v) is 11.9. The van der Waals surface area contributed by atoms with E-state index in [0.717, 1.165) is 39.6 Å². The number of nitrogens with one attached hydrogen (secondary N) is 1. The van der Waals surface area contributed by atoms with Gasteiger partial charge in [-0.05, 0) is 43.9 Å². The Kier molecular flexibility index (Phi) is 7.05. The van der Waals surface area contributed by atoms with Crippen LogP contribution in [-0.4, -0.2) is 23.0 Å². The maximum absolute atomic E-state index is 12.7. The third-order valence-electron chi connectivity index (χ3n) is 6.42. The molecule has 182 valence electrons. The molecule has 1 amide bonds. The molecule has 4 rings (SSSR count). The minimum atomic E-state index is -1.05. The summed E-state index contributed by atoms with van der Waals surface area (Å²) in [7, 11) is 0. The van der Waals surface area contributed by atoms with Gasteiger partial charge >= 0.3 is 11.6 Å². The lowest BCUT2D eigenvalue weighted by molar-refractivity contribution is -0.142. The van der Waals surface area contributed by atoms with E-state index in [9.17, 15) is 19.5 Å². The van der Waals surface area contributed by atoms with Crippen LogP contribution >= 0.6 is 0 Å². The summed E-state index contributed by atoms with van der Waals surface area (Å²) in [6, 6.07) is 12.7. The number of fused-ring (bicyclic) bond motifs is 2. The van der Waals surface area contributed by atoms with Gasteiger partial charge in [0.25, 0.3) is 0 Å². The molecule has 0 fully saturated rings. The number of unbranched alkanes of at least 4 members (excludes halogenated alkanes) is 1. The maximum Gasteiger partial charge on any atom is 0.339 e. The van der Waals surface area contributed by atoms with Crippen LogP contribution in [0.25, 0.3) is 33.1 Å². The molecule has 0 aliphatic rings. The monoisotopic (exact) mass is 475 g/mol. The van der Waals surface area contributed by atoms with Crippen LogP contribution in [0.5, 0.6) is 0 Å². The summed E-state index contributed by atoms with van der Waals surface area (Å²) >= 11 is 0. The molecule has 0 bridgehead atoms. The Bertz CT molecular complexity index is 1450. The molecule has 1 atom stereocenters. The number of amides is 1. The first-order valence-electron chi connectivity index (χ1n) is 11.9. The highest BCUT2D eigenvalue weighted by molar-refractivity contribution is 6.03. The second kappa shape index (κ2) is 10.2. The number of carboxylic acid groups (broad SMARTS) is 1. The van der Waals surface area contributed by atoms with Gasteiger partial charge in [0.1, 0.15) is 23.0 Å². The number of carbonyl (C=O) groups excluding carboxylic acids is 1. The lowest BCUT2D eigenvalue weighted by Gasteiger charge is -2.14. The molecule has 2 N–H and O–H groups in total. The summed E-state index contributed by atoms with van der Waals surface area (Å²) in [5.41, 5.74) is 3.72. The molecule has 0 aliphatic heterocycles. The van der Waals surface area contributed by atoms with Crippen molar-refractivity contribution in [2.45, 2.75) is 58.9 Å². The second-order valence-electron chi connectivity index (χ2n) is 8.84. The van der Waals surface area contributed by atoms with Crippen LogP contribution in [-0.2, 0) is 16.0 Å². The molecule has 0 saturated carbocycles. The molecule has 35 heavy (non-hydrogen) atoms. The van der Waals surface area contributed by atoms with Gasteiger partial charge in [-0.1, -0.05) is 50.1 Å². The summed E-state index contributed by atoms with van der Waals surface area (Å²) in [5.74, 6) is -0.684. The highest BCUT2D eigenvalue weighted by Crippen LogP contribution is 2.37. The average Bonchev–Trinajstić information content (AvgIpc) is 3.15. The predicted molar refractivity (Wildman–Crippen MR) is 135 cm³/mol. The lowest BCUT2D eigenvalue weighted by Crippen LogP contribution is -2.40. The number of aliphatic carboxylic acids is 1. The number of hydrogen-bond donors (Lipinski definition) is 2. The minimum Gasteiger partial charge on any atom is -0.480 e. The van der Waals surface area contributed by atoms with Gasteiger partial charge in [0.15, 0.2) is 0 Å². The van der Waals surface area contributed by atoms with Crippen LogP contribution < -0.4 is 10.9 Å². The van der Waals surface area contributed by atoms with E-state index in [1.807, 2.05) is 57.2 Å². The van der Waals surface area contributed by atoms with Gasteiger partial charge in [-0.15, -0.1) is 0 Å². The van der Waals surface area contributed by atoms with Crippen molar-refractivity contribution in [1.82, 2.24) is 5.32 Å². The Balaban J connectivity index is 1.65. The van der Waals surface area contributed by atoms with E-state index in [0.29, 0.717) is 29.6 Å². The molecular weight excluding hydrogens is 446 g/mol. The number of carboxylic acids is 1. The number of carbonyl (C=O) groups is 2. The maximum atomic E-state index is 12.7. The van der Waals surface area contributed by atoms with Gasteiger partial charge < -0.3 is 19.3 Å². The molecule has 1 unspecified atom stereocenters. The fraction of sp³-hybridized carbons (Fsp3) is 0.321. The van der Waals surface area contributed by atoms with Crippen LogP contribution in [0.15, 0.2) is 56.1 Å². The van der Waals surface area contributed by atoms with Crippen molar-refractivity contribution >= 4 is 33.8 Å². The Morgan fingerprint density at radius 1 is 1.03 bits per heavy atom. The molecule has 2 heterocycles. The first kappa shape index (κ1) is 24.3. The zero-order valence-corrected chi connectivity index (χ0v) is 20.1. The van der Waals surface area contributed by atoms with Crippen LogP contribution in [0.1, 0.15) is 49.5 Å². The van der Waals surface area contributed by atoms with E-state index in [4.69, 9.17) is 8.83 Å². The molecule has 7 heteroatoms. The molecule has 2 aromatic heterocycles. The Morgan fingerprint density at radius 3 is 2.43 bits per heavy atom. The summed E-state index contributed by atoms with van der Waals surface area (Å²) in [6.07, 6.45) is 2.07. The number of rotatable bonds is 9. The van der Waals surface area contributed by atoms with Gasteiger partial charge in [0.05, 0.1) is 0 Å². The SMILES string of the molecule is CCCCC(NC(=O)CCc1c(C)c2cc3c(-c4ccccc4)c(C)oc3cc2oc1=O)C(=O)O. The smallest absolute Gasteiger partial charge is 0.339 e. The van der Waals surface area contributed by atoms with Crippen molar-refractivity contribution in [3.63, 3.8) is 0 Å². The van der Waals surface area contributed by atoms with E-state index in [-0.39, 0.29) is 12.8 Å². The van der Waals surface area contributed by atoms with Gasteiger partial charge in [-0.3, -0.25) is 4.79 Å². The quantitative estimate of drug-likeness (QED) is 0.309. The molecule has 2 aromatic carbocycles. The normalized spacial score (nSPS) is 12.2. The van der Waals surface area contributed by atoms with E-state index in [2.05, 4.69) is 5.32 Å². The average molecular weight is 476 g/mol. The Hall–Kier alpha value is -3.87. The predicted octanol–water partition coefficient (Wildman–Crippen LogP) is 5.52. The summed E-state index contributed by atoms with van der Waals surface area (Å²) in [6.45, 7) is 5.71. The number of aryl methyl sites for hydroxylation is 2. The van der Waals surface area contributed by atoms with Gasteiger partial charge in [-0.2, -0.15) is 0 Å². The summed E-state index contributed by atoms with van der Waals surface area (Å²) in [4.78, 5) is 36.6. The van der Waals surface area contributed by atoms with E-state index in [1.54, 1.807) is 6.07 Å². The van der Waals surface area contributed by atoms with Crippen LogP contribution in [0, 0.1) is 13.8 Å². The van der Waals surface area contributed by atoms with Crippen molar-refractivity contribution in [1.29, 1.82) is 0 Å². The summed E-state index contributed by atoms with van der Waals surface area (Å²) < 4.78 is 11.6. The van der Waals surface area contributed by atoms with Crippen molar-refractivity contribution < 1.29 is 23.5 Å². The van der Waals surface area contributed by atoms with E-state index < -0.39 is 23.5 Å². The van der Waals surface area contributed by atoms with Crippen LogP contribution in [0.2, 0.25) is 0 Å². The van der Waals surface area contributed by atoms with Crippen molar-refractivity contribution in [2.75, 3.05) is 0 Å². The molecule has 4 aromatic rings. The highest BCUT2D eigenvalue weighted by Gasteiger charge is 2.21. The Morgan fingerprint density at radius 2 is 1.74 bits per heavy atom. The van der Waals surface area contributed by atoms with Gasteiger partial charge in [-0.25, -0.2) is 9.59 Å². The van der Waals surface area contributed by atoms with E-state index in [1.165, 1.54) is 0 Å². The molecule has 0 saturated heterocycles. The van der Waals surface area contributed by atoms with Crippen LogP contribution in [0.4, 0.5) is 0 Å². The first-order chi connectivity index (χ1) is 16.8. The fourth-order valence-electron chi connectivity index (χ4n) is 4.53. The minimum absolute atomic E-state index is 0.00462. The summed E-state index contributed by atoms with van der Waals surface area (Å²) in [5, 5.41) is 13.6.